The highest BCUT2D eigenvalue weighted by atomic mass is 35.5. The van der Waals surface area contributed by atoms with Crippen LogP contribution in [0.5, 0.6) is 11.5 Å². The van der Waals surface area contributed by atoms with Crippen molar-refractivity contribution >= 4 is 23.4 Å². The molecule has 27 heavy (non-hydrogen) atoms. The number of carbonyl (C=O) groups is 2. The van der Waals surface area contributed by atoms with Crippen molar-refractivity contribution in [3.63, 3.8) is 0 Å². The van der Waals surface area contributed by atoms with Crippen molar-refractivity contribution < 1.29 is 19.1 Å². The molecule has 0 aliphatic carbocycles. The predicted octanol–water partition coefficient (Wildman–Crippen LogP) is 1.86. The van der Waals surface area contributed by atoms with Crippen molar-refractivity contribution in [1.29, 1.82) is 0 Å². The third kappa shape index (κ3) is 3.68. The summed E-state index contributed by atoms with van der Waals surface area (Å²) in [4.78, 5) is 32.6. The van der Waals surface area contributed by atoms with Gasteiger partial charge in [0.1, 0.15) is 11.8 Å². The standard InChI is InChI=1S/C19H18ClN3O4/c20-17-6-5-13(11-21-17)18(24)22-7-9-23(10-8-22)19(25)16-12-26-14-3-1-2-4-15(14)27-16/h1-6,11,16H,7-10,12H2/t16-/m1/s1. The van der Waals surface area contributed by atoms with E-state index in [1.165, 1.54) is 6.20 Å². The Balaban J connectivity index is 1.34. The van der Waals surface area contributed by atoms with Gasteiger partial charge in [-0.05, 0) is 24.3 Å². The zero-order valence-corrected chi connectivity index (χ0v) is 15.3. The average Bonchev–Trinajstić information content (AvgIpc) is 2.73. The molecule has 0 N–H and O–H groups in total. The highest BCUT2D eigenvalue weighted by Gasteiger charge is 2.33. The number of halogens is 1. The fourth-order valence-corrected chi connectivity index (χ4v) is 3.27. The van der Waals surface area contributed by atoms with Crippen LogP contribution in [0.4, 0.5) is 0 Å². The minimum Gasteiger partial charge on any atom is -0.485 e. The smallest absolute Gasteiger partial charge is 0.267 e. The fourth-order valence-electron chi connectivity index (χ4n) is 3.16. The van der Waals surface area contributed by atoms with E-state index in [0.29, 0.717) is 48.4 Å². The molecule has 4 rings (SSSR count). The maximum Gasteiger partial charge on any atom is 0.267 e. The lowest BCUT2D eigenvalue weighted by Crippen LogP contribution is -2.55. The van der Waals surface area contributed by atoms with E-state index in [1.807, 2.05) is 18.2 Å². The molecule has 2 aliphatic rings. The summed E-state index contributed by atoms with van der Waals surface area (Å²) in [7, 11) is 0. The van der Waals surface area contributed by atoms with Gasteiger partial charge in [0.2, 0.25) is 6.10 Å². The normalized spacial score (nSPS) is 18.9. The Bertz CT molecular complexity index is 850. The van der Waals surface area contributed by atoms with Gasteiger partial charge in [0.25, 0.3) is 11.8 Å². The van der Waals surface area contributed by atoms with Gasteiger partial charge in [-0.1, -0.05) is 23.7 Å². The summed E-state index contributed by atoms with van der Waals surface area (Å²) in [6.07, 6.45) is 0.801. The van der Waals surface area contributed by atoms with Gasteiger partial charge in [-0.25, -0.2) is 4.98 Å². The third-order valence-electron chi connectivity index (χ3n) is 4.64. The molecule has 3 heterocycles. The molecule has 0 saturated carbocycles. The Morgan fingerprint density at radius 2 is 1.70 bits per heavy atom. The SMILES string of the molecule is O=C(c1ccc(Cl)nc1)N1CCN(C(=O)[C@H]2COc3ccccc3O2)CC1. The van der Waals surface area contributed by atoms with Crippen molar-refractivity contribution in [1.82, 2.24) is 14.8 Å². The van der Waals surface area contributed by atoms with E-state index in [-0.39, 0.29) is 18.4 Å². The second-order valence-electron chi connectivity index (χ2n) is 6.35. The molecule has 1 saturated heterocycles. The van der Waals surface area contributed by atoms with Crippen molar-refractivity contribution in [2.75, 3.05) is 32.8 Å². The van der Waals surface area contributed by atoms with Crippen LogP contribution in [-0.2, 0) is 4.79 Å². The molecule has 0 spiro atoms. The van der Waals surface area contributed by atoms with E-state index in [2.05, 4.69) is 4.98 Å². The predicted molar refractivity (Wildman–Crippen MR) is 98.1 cm³/mol. The molecule has 2 aromatic rings. The van der Waals surface area contributed by atoms with Crippen molar-refractivity contribution in [3.05, 3.63) is 53.3 Å². The van der Waals surface area contributed by atoms with Crippen LogP contribution in [0.1, 0.15) is 10.4 Å². The number of piperazine rings is 1. The monoisotopic (exact) mass is 387 g/mol. The van der Waals surface area contributed by atoms with Crippen LogP contribution in [0.15, 0.2) is 42.6 Å². The van der Waals surface area contributed by atoms with Crippen molar-refractivity contribution in [2.24, 2.45) is 0 Å². The number of rotatable bonds is 2. The van der Waals surface area contributed by atoms with Crippen molar-refractivity contribution in [2.45, 2.75) is 6.10 Å². The molecule has 1 fully saturated rings. The average molecular weight is 388 g/mol. The zero-order valence-electron chi connectivity index (χ0n) is 14.5. The van der Waals surface area contributed by atoms with Gasteiger partial charge in [0.05, 0.1) is 5.56 Å². The summed E-state index contributed by atoms with van der Waals surface area (Å²) < 4.78 is 11.4. The molecule has 0 bridgehead atoms. The molecule has 140 valence electrons. The van der Waals surface area contributed by atoms with Crippen LogP contribution < -0.4 is 9.47 Å². The second-order valence-corrected chi connectivity index (χ2v) is 6.74. The fraction of sp³-hybridized carbons (Fsp3) is 0.316. The topological polar surface area (TPSA) is 72.0 Å². The minimum atomic E-state index is -0.664. The van der Waals surface area contributed by atoms with Crippen LogP contribution in [0, 0.1) is 0 Å². The highest BCUT2D eigenvalue weighted by Crippen LogP contribution is 2.31. The molecule has 2 amide bonds. The van der Waals surface area contributed by atoms with E-state index in [1.54, 1.807) is 28.0 Å². The number of hydrogen-bond acceptors (Lipinski definition) is 5. The minimum absolute atomic E-state index is 0.113. The number of fused-ring (bicyclic) bond motifs is 1. The number of ether oxygens (including phenoxy) is 2. The van der Waals surface area contributed by atoms with Gasteiger partial charge in [0, 0.05) is 32.4 Å². The maximum atomic E-state index is 12.7. The van der Waals surface area contributed by atoms with Gasteiger partial charge < -0.3 is 19.3 Å². The zero-order chi connectivity index (χ0) is 18.8. The molecule has 0 radical (unpaired) electrons. The van der Waals surface area contributed by atoms with Crippen LogP contribution in [0.25, 0.3) is 0 Å². The number of amides is 2. The van der Waals surface area contributed by atoms with Gasteiger partial charge in [-0.3, -0.25) is 9.59 Å². The number of para-hydroxylation sites is 2. The number of benzene rings is 1. The second kappa shape index (κ2) is 7.44. The van der Waals surface area contributed by atoms with Crippen molar-refractivity contribution in [3.8, 4) is 11.5 Å². The Morgan fingerprint density at radius 1 is 1.00 bits per heavy atom. The molecule has 2 aliphatic heterocycles. The largest absolute Gasteiger partial charge is 0.485 e. The molecule has 8 heteroatoms. The maximum absolute atomic E-state index is 12.7. The first-order valence-electron chi connectivity index (χ1n) is 8.70. The first kappa shape index (κ1) is 17.6. The van der Waals surface area contributed by atoms with E-state index in [0.717, 1.165) is 0 Å². The van der Waals surface area contributed by atoms with Crippen LogP contribution >= 0.6 is 11.6 Å². The lowest BCUT2D eigenvalue weighted by molar-refractivity contribution is -0.142. The summed E-state index contributed by atoms with van der Waals surface area (Å²) in [5.74, 6) is 0.988. The van der Waals surface area contributed by atoms with Gasteiger partial charge in [-0.15, -0.1) is 0 Å². The lowest BCUT2D eigenvalue weighted by atomic mass is 10.2. The van der Waals surface area contributed by atoms with E-state index in [4.69, 9.17) is 21.1 Å². The number of pyridine rings is 1. The Morgan fingerprint density at radius 3 is 2.41 bits per heavy atom. The lowest BCUT2D eigenvalue weighted by Gasteiger charge is -2.37. The summed E-state index contributed by atoms with van der Waals surface area (Å²) in [6, 6.07) is 10.5. The van der Waals surface area contributed by atoms with Crippen LogP contribution in [0.3, 0.4) is 0 Å². The molecule has 0 unspecified atom stereocenters. The molecule has 1 aromatic heterocycles. The summed E-state index contributed by atoms with van der Waals surface area (Å²) in [5, 5.41) is 0.346. The Kier molecular flexibility index (Phi) is 4.85. The number of hydrogen-bond donors (Lipinski definition) is 0. The highest BCUT2D eigenvalue weighted by molar-refractivity contribution is 6.29. The van der Waals surface area contributed by atoms with Gasteiger partial charge >= 0.3 is 0 Å². The van der Waals surface area contributed by atoms with Crippen LogP contribution in [0.2, 0.25) is 5.15 Å². The first-order chi connectivity index (χ1) is 13.1. The number of aromatic nitrogens is 1. The molecule has 1 atom stereocenters. The molecular weight excluding hydrogens is 370 g/mol. The van der Waals surface area contributed by atoms with Crippen LogP contribution in [-0.4, -0.2) is 65.5 Å². The first-order valence-corrected chi connectivity index (χ1v) is 9.08. The van der Waals surface area contributed by atoms with Gasteiger partial charge in [0.15, 0.2) is 11.5 Å². The quantitative estimate of drug-likeness (QED) is 0.735. The number of nitrogens with zero attached hydrogens (tertiary/aromatic N) is 3. The number of carbonyl (C=O) groups excluding carboxylic acids is 2. The summed E-state index contributed by atoms with van der Waals surface area (Å²) >= 11 is 5.76. The van der Waals surface area contributed by atoms with E-state index >= 15 is 0 Å². The Hall–Kier alpha value is -2.80. The molecular formula is C19H18ClN3O4. The summed E-state index contributed by atoms with van der Waals surface area (Å²) in [5.41, 5.74) is 0.486. The van der Waals surface area contributed by atoms with Gasteiger partial charge in [-0.2, -0.15) is 0 Å². The third-order valence-corrected chi connectivity index (χ3v) is 4.86. The van der Waals surface area contributed by atoms with E-state index in [9.17, 15) is 9.59 Å². The van der Waals surface area contributed by atoms with E-state index < -0.39 is 6.10 Å². The Labute approximate surface area is 161 Å². The molecule has 7 nitrogen and oxygen atoms in total. The summed E-state index contributed by atoms with van der Waals surface area (Å²) in [6.45, 7) is 2.00. The molecule has 1 aromatic carbocycles.